The van der Waals surface area contributed by atoms with Gasteiger partial charge in [-0.1, -0.05) is 30.3 Å². The van der Waals surface area contributed by atoms with Crippen LogP contribution in [0.25, 0.3) is 10.8 Å². The average Bonchev–Trinajstić information content (AvgIpc) is 2.54. The second kappa shape index (κ2) is 6.46. The molecule has 0 atom stereocenters. The average molecular weight is 285 g/mol. The fourth-order valence-electron chi connectivity index (χ4n) is 3.20. The maximum Gasteiger partial charge on any atom is 0.126 e. The number of fused-ring (bicyclic) bond motifs is 1. The highest BCUT2D eigenvalue weighted by atomic mass is 16.5. The minimum Gasteiger partial charge on any atom is -0.496 e. The quantitative estimate of drug-likeness (QED) is 0.906. The molecule has 2 aromatic rings. The first-order valence-electron chi connectivity index (χ1n) is 7.74. The van der Waals surface area contributed by atoms with E-state index in [9.17, 15) is 5.11 Å². The smallest absolute Gasteiger partial charge is 0.126 e. The van der Waals surface area contributed by atoms with Crippen LogP contribution < -0.4 is 10.1 Å². The minimum absolute atomic E-state index is 0.0927. The third-order valence-corrected chi connectivity index (χ3v) is 4.47. The Hall–Kier alpha value is -1.58. The predicted molar refractivity (Wildman–Crippen MR) is 85.6 cm³/mol. The molecule has 2 N–H and O–H groups in total. The Morgan fingerprint density at radius 3 is 2.48 bits per heavy atom. The molecule has 21 heavy (non-hydrogen) atoms. The fraction of sp³-hybridized carbons (Fsp3) is 0.444. The Morgan fingerprint density at radius 1 is 1.05 bits per heavy atom. The van der Waals surface area contributed by atoms with Crippen LogP contribution in [0.5, 0.6) is 5.75 Å². The summed E-state index contributed by atoms with van der Waals surface area (Å²) in [6.45, 7) is 0.866. The van der Waals surface area contributed by atoms with E-state index in [1.54, 1.807) is 7.11 Å². The maximum absolute atomic E-state index is 9.57. The molecule has 0 bridgehead atoms. The second-order valence-electron chi connectivity index (χ2n) is 5.86. The lowest BCUT2D eigenvalue weighted by molar-refractivity contribution is 0.116. The standard InChI is InChI=1S/C18H23NO2/c1-21-18-11-6-13(16-4-2-3-5-17(16)18)12-19-14-7-9-15(20)10-8-14/h2-6,11,14-15,19-20H,7-10,12H2,1H3. The van der Waals surface area contributed by atoms with Gasteiger partial charge >= 0.3 is 0 Å². The molecule has 2 aromatic carbocycles. The summed E-state index contributed by atoms with van der Waals surface area (Å²) in [5.74, 6) is 0.926. The van der Waals surface area contributed by atoms with E-state index >= 15 is 0 Å². The predicted octanol–water partition coefficient (Wildman–Crippen LogP) is 3.24. The number of hydrogen-bond acceptors (Lipinski definition) is 3. The van der Waals surface area contributed by atoms with E-state index in [-0.39, 0.29) is 6.10 Å². The van der Waals surface area contributed by atoms with Crippen LogP contribution in [0.3, 0.4) is 0 Å². The maximum atomic E-state index is 9.57. The molecule has 0 aromatic heterocycles. The van der Waals surface area contributed by atoms with Gasteiger partial charge < -0.3 is 15.2 Å². The molecule has 0 amide bonds. The highest BCUT2D eigenvalue weighted by molar-refractivity contribution is 5.91. The molecule has 0 unspecified atom stereocenters. The van der Waals surface area contributed by atoms with Crippen molar-refractivity contribution in [2.45, 2.75) is 44.4 Å². The van der Waals surface area contributed by atoms with Gasteiger partial charge in [-0.15, -0.1) is 0 Å². The van der Waals surface area contributed by atoms with Gasteiger partial charge in [0.2, 0.25) is 0 Å². The molecule has 0 saturated heterocycles. The van der Waals surface area contributed by atoms with Gasteiger partial charge in [0.25, 0.3) is 0 Å². The van der Waals surface area contributed by atoms with Gasteiger partial charge in [-0.25, -0.2) is 0 Å². The second-order valence-corrected chi connectivity index (χ2v) is 5.86. The van der Waals surface area contributed by atoms with Gasteiger partial charge in [-0.05, 0) is 42.7 Å². The molecule has 1 saturated carbocycles. The van der Waals surface area contributed by atoms with Gasteiger partial charge in [-0.2, -0.15) is 0 Å². The summed E-state index contributed by atoms with van der Waals surface area (Å²) < 4.78 is 5.44. The Labute approximate surface area is 125 Å². The zero-order valence-electron chi connectivity index (χ0n) is 12.5. The van der Waals surface area contributed by atoms with Crippen molar-refractivity contribution < 1.29 is 9.84 Å². The molecule has 0 spiro atoms. The lowest BCUT2D eigenvalue weighted by Gasteiger charge is -2.26. The number of hydrogen-bond donors (Lipinski definition) is 2. The first kappa shape index (κ1) is 14.4. The molecule has 112 valence electrons. The molecule has 1 aliphatic carbocycles. The van der Waals surface area contributed by atoms with E-state index in [1.807, 2.05) is 12.1 Å². The highest BCUT2D eigenvalue weighted by Crippen LogP contribution is 2.28. The van der Waals surface area contributed by atoms with Crippen molar-refractivity contribution in [3.63, 3.8) is 0 Å². The number of methoxy groups -OCH3 is 1. The molecule has 0 radical (unpaired) electrons. The van der Waals surface area contributed by atoms with Crippen LogP contribution in [0.15, 0.2) is 36.4 Å². The summed E-state index contributed by atoms with van der Waals surface area (Å²) in [6.07, 6.45) is 3.87. The van der Waals surface area contributed by atoms with Crippen LogP contribution in [0.1, 0.15) is 31.2 Å². The fourth-order valence-corrected chi connectivity index (χ4v) is 3.20. The van der Waals surface area contributed by atoms with Crippen molar-refractivity contribution in [3.05, 3.63) is 42.0 Å². The molecule has 3 heteroatoms. The highest BCUT2D eigenvalue weighted by Gasteiger charge is 2.18. The summed E-state index contributed by atoms with van der Waals surface area (Å²) in [5.41, 5.74) is 1.30. The van der Waals surface area contributed by atoms with Crippen LogP contribution in [-0.2, 0) is 6.54 Å². The first-order chi connectivity index (χ1) is 10.3. The zero-order valence-corrected chi connectivity index (χ0v) is 12.5. The summed E-state index contributed by atoms with van der Waals surface area (Å²) >= 11 is 0. The van der Waals surface area contributed by atoms with Crippen molar-refractivity contribution in [1.82, 2.24) is 5.32 Å². The number of rotatable bonds is 4. The normalized spacial score (nSPS) is 22.4. The summed E-state index contributed by atoms with van der Waals surface area (Å²) in [4.78, 5) is 0. The van der Waals surface area contributed by atoms with Crippen molar-refractivity contribution in [2.24, 2.45) is 0 Å². The third kappa shape index (κ3) is 3.20. The van der Waals surface area contributed by atoms with Crippen LogP contribution in [0.2, 0.25) is 0 Å². The van der Waals surface area contributed by atoms with E-state index in [1.165, 1.54) is 16.3 Å². The molecule has 1 aliphatic rings. The first-order valence-corrected chi connectivity index (χ1v) is 7.74. The number of aliphatic hydroxyl groups is 1. The lowest BCUT2D eigenvalue weighted by Crippen LogP contribution is -2.34. The molecule has 1 fully saturated rings. The third-order valence-electron chi connectivity index (χ3n) is 4.47. The number of aliphatic hydroxyl groups excluding tert-OH is 1. The molecular formula is C18H23NO2. The molecule has 0 aliphatic heterocycles. The summed E-state index contributed by atoms with van der Waals surface area (Å²) in [6, 6.07) is 13.1. The van der Waals surface area contributed by atoms with E-state index < -0.39 is 0 Å². The van der Waals surface area contributed by atoms with Crippen LogP contribution in [0.4, 0.5) is 0 Å². The van der Waals surface area contributed by atoms with Crippen LogP contribution >= 0.6 is 0 Å². The monoisotopic (exact) mass is 285 g/mol. The zero-order chi connectivity index (χ0) is 14.7. The lowest BCUT2D eigenvalue weighted by atomic mass is 9.93. The van der Waals surface area contributed by atoms with Crippen LogP contribution in [-0.4, -0.2) is 24.4 Å². The summed E-state index contributed by atoms with van der Waals surface area (Å²) in [7, 11) is 1.72. The Bertz CT molecular complexity index is 603. The number of nitrogens with one attached hydrogen (secondary N) is 1. The summed E-state index contributed by atoms with van der Waals surface area (Å²) in [5, 5.41) is 15.6. The van der Waals surface area contributed by atoms with Gasteiger partial charge in [0.05, 0.1) is 13.2 Å². The van der Waals surface area contributed by atoms with E-state index in [4.69, 9.17) is 4.74 Å². The molecule has 3 rings (SSSR count). The van der Waals surface area contributed by atoms with Gasteiger partial charge in [0.1, 0.15) is 5.75 Å². The van der Waals surface area contributed by atoms with Crippen molar-refractivity contribution >= 4 is 10.8 Å². The molecule has 0 heterocycles. The topological polar surface area (TPSA) is 41.5 Å². The van der Waals surface area contributed by atoms with Gasteiger partial charge in [-0.3, -0.25) is 0 Å². The Balaban J connectivity index is 1.75. The van der Waals surface area contributed by atoms with Crippen molar-refractivity contribution in [1.29, 1.82) is 0 Å². The SMILES string of the molecule is COc1ccc(CNC2CCC(O)CC2)c2ccccc12. The Kier molecular flexibility index (Phi) is 4.42. The van der Waals surface area contributed by atoms with E-state index in [0.29, 0.717) is 6.04 Å². The molecular weight excluding hydrogens is 262 g/mol. The van der Waals surface area contributed by atoms with Crippen molar-refractivity contribution in [2.75, 3.05) is 7.11 Å². The Morgan fingerprint density at radius 2 is 1.76 bits per heavy atom. The molecule has 3 nitrogen and oxygen atoms in total. The van der Waals surface area contributed by atoms with Gasteiger partial charge in [0, 0.05) is 18.0 Å². The minimum atomic E-state index is -0.0927. The van der Waals surface area contributed by atoms with Crippen molar-refractivity contribution in [3.8, 4) is 5.75 Å². The number of ether oxygens (including phenoxy) is 1. The van der Waals surface area contributed by atoms with Gasteiger partial charge in [0.15, 0.2) is 0 Å². The largest absolute Gasteiger partial charge is 0.496 e. The van der Waals surface area contributed by atoms with E-state index in [0.717, 1.165) is 38.0 Å². The number of benzene rings is 2. The van der Waals surface area contributed by atoms with E-state index in [2.05, 4.69) is 29.6 Å². The van der Waals surface area contributed by atoms with Crippen LogP contribution in [0, 0.1) is 0 Å².